The molecule has 1 amide bonds. The van der Waals surface area contributed by atoms with Crippen molar-refractivity contribution in [3.63, 3.8) is 0 Å². The zero-order chi connectivity index (χ0) is 10.4. The number of ether oxygens (including phenoxy) is 1. The van der Waals surface area contributed by atoms with E-state index in [1.807, 2.05) is 0 Å². The van der Waals surface area contributed by atoms with E-state index in [1.165, 1.54) is 7.11 Å². The highest BCUT2D eigenvalue weighted by Gasteiger charge is 2.30. The zero-order valence-electron chi connectivity index (χ0n) is 7.33. The molecule has 0 aliphatic heterocycles. The maximum Gasteiger partial charge on any atom is 0.310 e. The van der Waals surface area contributed by atoms with E-state index in [0.29, 0.717) is 13.0 Å². The van der Waals surface area contributed by atoms with E-state index >= 15 is 0 Å². The molecule has 0 radical (unpaired) electrons. The Morgan fingerprint density at radius 3 is 2.38 bits per heavy atom. The van der Waals surface area contributed by atoms with Gasteiger partial charge in [0.2, 0.25) is 5.91 Å². The number of esters is 1. The van der Waals surface area contributed by atoms with Crippen molar-refractivity contribution >= 4 is 27.8 Å². The number of hydrogen-bond acceptors (Lipinski definition) is 4. The Hall–Kier alpha value is -0.620. The van der Waals surface area contributed by atoms with Gasteiger partial charge in [-0.05, 0) is 13.0 Å². The van der Waals surface area contributed by atoms with Crippen molar-refractivity contribution in [2.45, 2.75) is 11.2 Å². The molecular weight excluding hydrogens is 240 g/mol. The molecule has 0 spiro atoms. The maximum atomic E-state index is 11.1. The summed E-state index contributed by atoms with van der Waals surface area (Å²) < 4.78 is 4.50. The van der Waals surface area contributed by atoms with Crippen LogP contribution in [0.4, 0.5) is 0 Å². The Labute approximate surface area is 84.9 Å². The average Bonchev–Trinajstić information content (AvgIpc) is 2.11. The van der Waals surface area contributed by atoms with Crippen LogP contribution in [0.5, 0.6) is 0 Å². The lowest BCUT2D eigenvalue weighted by molar-refractivity contribution is -0.146. The first kappa shape index (κ1) is 12.4. The van der Waals surface area contributed by atoms with Crippen LogP contribution >= 0.6 is 15.9 Å². The predicted octanol–water partition coefficient (Wildman–Crippen LogP) is -0.627. The molecule has 0 saturated heterocycles. The third kappa shape index (κ3) is 3.73. The Kier molecular flexibility index (Phi) is 5.65. The summed E-state index contributed by atoms with van der Waals surface area (Å²) in [5.74, 6) is -1.68. The summed E-state index contributed by atoms with van der Waals surface area (Å²) in [7, 11) is 1.26. The van der Waals surface area contributed by atoms with Crippen molar-refractivity contribution < 1.29 is 14.3 Å². The summed E-state index contributed by atoms with van der Waals surface area (Å²) in [6, 6.07) is 0. The van der Waals surface area contributed by atoms with Crippen molar-refractivity contribution in [1.29, 1.82) is 0 Å². The second-order valence-corrected chi connectivity index (χ2v) is 3.50. The number of hydrogen-bond donors (Lipinski definition) is 2. The Morgan fingerprint density at radius 1 is 1.54 bits per heavy atom. The van der Waals surface area contributed by atoms with Crippen LogP contribution in [-0.2, 0) is 14.3 Å². The van der Waals surface area contributed by atoms with E-state index in [0.717, 1.165) is 0 Å². The van der Waals surface area contributed by atoms with Gasteiger partial charge in [0.05, 0.1) is 13.0 Å². The fourth-order valence-electron chi connectivity index (χ4n) is 0.913. The highest BCUT2D eigenvalue weighted by molar-refractivity contribution is 9.10. The van der Waals surface area contributed by atoms with E-state index in [2.05, 4.69) is 20.7 Å². The lowest BCUT2D eigenvalue weighted by Crippen LogP contribution is -2.36. The number of primary amides is 1. The summed E-state index contributed by atoms with van der Waals surface area (Å²) in [5.41, 5.74) is 10.3. The number of amides is 1. The van der Waals surface area contributed by atoms with Crippen molar-refractivity contribution in [1.82, 2.24) is 0 Å². The van der Waals surface area contributed by atoms with Gasteiger partial charge in [0.15, 0.2) is 0 Å². The minimum Gasteiger partial charge on any atom is -0.469 e. The zero-order valence-corrected chi connectivity index (χ0v) is 8.91. The average molecular weight is 253 g/mol. The normalized spacial score (nSPS) is 14.7. The summed E-state index contributed by atoms with van der Waals surface area (Å²) in [6.07, 6.45) is 0.367. The van der Waals surface area contributed by atoms with Crippen molar-refractivity contribution in [2.24, 2.45) is 17.4 Å². The maximum absolute atomic E-state index is 11.1. The van der Waals surface area contributed by atoms with Gasteiger partial charge in [-0.25, -0.2) is 0 Å². The van der Waals surface area contributed by atoms with Crippen LogP contribution in [0.15, 0.2) is 0 Å². The van der Waals surface area contributed by atoms with Gasteiger partial charge in [0.1, 0.15) is 4.83 Å². The second-order valence-electron chi connectivity index (χ2n) is 2.51. The van der Waals surface area contributed by atoms with Gasteiger partial charge >= 0.3 is 5.97 Å². The Bertz CT molecular complexity index is 198. The van der Waals surface area contributed by atoms with Crippen molar-refractivity contribution in [3.05, 3.63) is 0 Å². The summed E-state index contributed by atoms with van der Waals surface area (Å²) in [5, 5.41) is 0. The summed E-state index contributed by atoms with van der Waals surface area (Å²) in [4.78, 5) is 21.2. The third-order valence-corrected chi connectivity index (χ3v) is 2.70. The van der Waals surface area contributed by atoms with Crippen LogP contribution in [0, 0.1) is 5.92 Å². The summed E-state index contributed by atoms with van der Waals surface area (Å²) in [6.45, 7) is 0.301. The van der Waals surface area contributed by atoms with Gasteiger partial charge in [-0.3, -0.25) is 9.59 Å². The first-order valence-corrected chi connectivity index (χ1v) is 4.67. The topological polar surface area (TPSA) is 95.4 Å². The Balaban J connectivity index is 4.40. The van der Waals surface area contributed by atoms with Crippen LogP contribution in [0.3, 0.4) is 0 Å². The monoisotopic (exact) mass is 252 g/mol. The summed E-state index contributed by atoms with van der Waals surface area (Å²) >= 11 is 3.02. The minimum atomic E-state index is -0.719. The van der Waals surface area contributed by atoms with E-state index in [4.69, 9.17) is 11.5 Å². The van der Waals surface area contributed by atoms with Crippen LogP contribution in [0.2, 0.25) is 0 Å². The fourth-order valence-corrected chi connectivity index (χ4v) is 1.39. The van der Waals surface area contributed by atoms with Gasteiger partial charge in [-0.1, -0.05) is 15.9 Å². The molecule has 2 unspecified atom stereocenters. The van der Waals surface area contributed by atoms with Gasteiger partial charge in [-0.15, -0.1) is 0 Å². The van der Waals surface area contributed by atoms with E-state index < -0.39 is 22.6 Å². The van der Waals surface area contributed by atoms with Gasteiger partial charge in [0.25, 0.3) is 0 Å². The lowest BCUT2D eigenvalue weighted by atomic mass is 10.0. The largest absolute Gasteiger partial charge is 0.469 e. The smallest absolute Gasteiger partial charge is 0.310 e. The Morgan fingerprint density at radius 2 is 2.08 bits per heavy atom. The number of alkyl halides is 1. The molecule has 76 valence electrons. The molecule has 0 aliphatic carbocycles. The number of carbonyl (C=O) groups is 2. The van der Waals surface area contributed by atoms with E-state index in [1.54, 1.807) is 0 Å². The predicted molar refractivity (Wildman–Crippen MR) is 51.1 cm³/mol. The van der Waals surface area contributed by atoms with Gasteiger partial charge in [0, 0.05) is 0 Å². The molecule has 6 heteroatoms. The molecule has 0 rings (SSSR count). The van der Waals surface area contributed by atoms with Gasteiger partial charge < -0.3 is 16.2 Å². The molecular formula is C7H13BrN2O3. The molecule has 0 aromatic heterocycles. The minimum absolute atomic E-state index is 0.301. The molecule has 0 saturated carbocycles. The molecule has 0 bridgehead atoms. The second kappa shape index (κ2) is 5.93. The SMILES string of the molecule is COC(=O)C(CCN)C(Br)C(N)=O. The van der Waals surface area contributed by atoms with E-state index in [-0.39, 0.29) is 0 Å². The molecule has 0 heterocycles. The molecule has 5 nitrogen and oxygen atoms in total. The van der Waals surface area contributed by atoms with Crippen LogP contribution < -0.4 is 11.5 Å². The fraction of sp³-hybridized carbons (Fsp3) is 0.714. The molecule has 0 aromatic carbocycles. The van der Waals surface area contributed by atoms with Crippen LogP contribution in [0.1, 0.15) is 6.42 Å². The lowest BCUT2D eigenvalue weighted by Gasteiger charge is -2.16. The molecule has 13 heavy (non-hydrogen) atoms. The number of carbonyl (C=O) groups excluding carboxylic acids is 2. The number of rotatable bonds is 5. The standard InChI is InChI=1S/C7H13BrN2O3/c1-13-7(12)4(2-3-9)5(8)6(10)11/h4-5H,2-3,9H2,1H3,(H2,10,11). The van der Waals surface area contributed by atoms with E-state index in [9.17, 15) is 9.59 Å². The van der Waals surface area contributed by atoms with Crippen molar-refractivity contribution in [2.75, 3.05) is 13.7 Å². The van der Waals surface area contributed by atoms with Gasteiger partial charge in [-0.2, -0.15) is 0 Å². The molecule has 4 N–H and O–H groups in total. The first-order chi connectivity index (χ1) is 6.04. The highest BCUT2D eigenvalue weighted by atomic mass is 79.9. The number of halogens is 1. The first-order valence-electron chi connectivity index (χ1n) is 3.75. The molecule has 0 aliphatic rings. The highest BCUT2D eigenvalue weighted by Crippen LogP contribution is 2.17. The van der Waals surface area contributed by atoms with Crippen molar-refractivity contribution in [3.8, 4) is 0 Å². The van der Waals surface area contributed by atoms with Crippen LogP contribution in [-0.4, -0.2) is 30.4 Å². The number of nitrogens with two attached hydrogens (primary N) is 2. The molecule has 2 atom stereocenters. The molecule has 0 fully saturated rings. The van der Waals surface area contributed by atoms with Crippen LogP contribution in [0.25, 0.3) is 0 Å². The number of methoxy groups -OCH3 is 1. The quantitative estimate of drug-likeness (QED) is 0.504. The third-order valence-electron chi connectivity index (χ3n) is 1.61. The molecule has 0 aromatic rings.